The van der Waals surface area contributed by atoms with Crippen molar-refractivity contribution >= 4 is 58.0 Å². The molecule has 1 aromatic carbocycles. The summed E-state index contributed by atoms with van der Waals surface area (Å²) in [6.45, 7) is 1.35. The minimum absolute atomic E-state index is 0.135. The van der Waals surface area contributed by atoms with Crippen LogP contribution >= 0.6 is 46.4 Å². The van der Waals surface area contributed by atoms with Crippen molar-refractivity contribution in [1.82, 2.24) is 10.1 Å². The molecular formula is C16H9Cl4N3O2. The summed E-state index contributed by atoms with van der Waals surface area (Å²) in [7, 11) is 0. The third-order valence-corrected chi connectivity index (χ3v) is 4.52. The summed E-state index contributed by atoms with van der Waals surface area (Å²) in [5.74, 6) is -0.0405. The number of anilines is 1. The van der Waals surface area contributed by atoms with Gasteiger partial charge in [-0.3, -0.25) is 4.79 Å². The maximum Gasteiger partial charge on any atom is 0.221 e. The zero-order valence-corrected chi connectivity index (χ0v) is 15.6. The van der Waals surface area contributed by atoms with Crippen molar-refractivity contribution in [3.8, 4) is 22.7 Å². The van der Waals surface area contributed by atoms with E-state index in [9.17, 15) is 4.79 Å². The molecule has 0 aliphatic heterocycles. The fraction of sp³-hybridized carbons (Fsp3) is 0.0625. The first kappa shape index (κ1) is 18.0. The number of benzene rings is 1. The van der Waals surface area contributed by atoms with E-state index in [4.69, 9.17) is 50.9 Å². The third-order valence-electron chi connectivity index (χ3n) is 3.24. The predicted molar refractivity (Wildman–Crippen MR) is 99.5 cm³/mol. The van der Waals surface area contributed by atoms with E-state index in [1.807, 2.05) is 0 Å². The van der Waals surface area contributed by atoms with Gasteiger partial charge in [0.05, 0.1) is 25.8 Å². The van der Waals surface area contributed by atoms with Crippen molar-refractivity contribution < 1.29 is 9.32 Å². The Morgan fingerprint density at radius 1 is 1.12 bits per heavy atom. The number of pyridine rings is 1. The molecule has 0 fully saturated rings. The summed E-state index contributed by atoms with van der Waals surface area (Å²) >= 11 is 24.7. The molecule has 1 N–H and O–H groups in total. The molecule has 0 unspecified atom stereocenters. The van der Waals surface area contributed by atoms with Crippen LogP contribution in [0.3, 0.4) is 0 Å². The van der Waals surface area contributed by atoms with E-state index < -0.39 is 0 Å². The van der Waals surface area contributed by atoms with Crippen LogP contribution in [0.4, 0.5) is 5.69 Å². The van der Waals surface area contributed by atoms with E-state index in [2.05, 4.69) is 15.5 Å². The maximum atomic E-state index is 11.3. The second-order valence-electron chi connectivity index (χ2n) is 5.00. The number of hydrogen-bond donors (Lipinski definition) is 1. The number of carbonyl (C=O) groups excluding carboxylic acids is 1. The second-order valence-corrected chi connectivity index (χ2v) is 6.60. The molecule has 0 aliphatic rings. The van der Waals surface area contributed by atoms with Crippen LogP contribution in [0.25, 0.3) is 22.7 Å². The molecule has 0 aliphatic carbocycles. The fourth-order valence-electron chi connectivity index (χ4n) is 2.18. The number of amides is 1. The van der Waals surface area contributed by atoms with Crippen LogP contribution in [0, 0.1) is 0 Å². The van der Waals surface area contributed by atoms with E-state index in [-0.39, 0.29) is 33.1 Å². The Morgan fingerprint density at radius 2 is 1.80 bits per heavy atom. The molecule has 0 spiro atoms. The van der Waals surface area contributed by atoms with E-state index in [0.29, 0.717) is 21.3 Å². The first-order valence-corrected chi connectivity index (χ1v) is 8.42. The number of aromatic nitrogens is 2. The monoisotopic (exact) mass is 415 g/mol. The summed E-state index contributed by atoms with van der Waals surface area (Å²) in [5, 5.41) is 7.74. The number of rotatable bonds is 3. The highest BCUT2D eigenvalue weighted by atomic mass is 35.5. The lowest BCUT2D eigenvalue weighted by atomic mass is 10.1. The summed E-state index contributed by atoms with van der Waals surface area (Å²) in [6.07, 6.45) is 1.36. The molecule has 25 heavy (non-hydrogen) atoms. The van der Waals surface area contributed by atoms with Crippen LogP contribution < -0.4 is 5.32 Å². The Bertz CT molecular complexity index is 952. The van der Waals surface area contributed by atoms with Crippen LogP contribution in [0.15, 0.2) is 35.0 Å². The van der Waals surface area contributed by atoms with Crippen molar-refractivity contribution in [2.45, 2.75) is 6.92 Å². The molecule has 128 valence electrons. The third kappa shape index (κ3) is 3.60. The van der Waals surface area contributed by atoms with Gasteiger partial charge in [0.15, 0.2) is 5.76 Å². The lowest BCUT2D eigenvalue weighted by Gasteiger charge is -2.09. The van der Waals surface area contributed by atoms with Crippen LogP contribution in [-0.4, -0.2) is 16.0 Å². The maximum absolute atomic E-state index is 11.3. The van der Waals surface area contributed by atoms with Gasteiger partial charge < -0.3 is 9.84 Å². The molecule has 0 radical (unpaired) electrons. The van der Waals surface area contributed by atoms with Gasteiger partial charge in [-0.05, 0) is 12.1 Å². The van der Waals surface area contributed by atoms with Crippen LogP contribution in [0.1, 0.15) is 6.92 Å². The summed E-state index contributed by atoms with van der Waals surface area (Å²) in [4.78, 5) is 15.5. The average Bonchev–Trinajstić information content (AvgIpc) is 3.00. The van der Waals surface area contributed by atoms with E-state index >= 15 is 0 Å². The highest BCUT2D eigenvalue weighted by Gasteiger charge is 2.20. The highest BCUT2D eigenvalue weighted by Crippen LogP contribution is 2.40. The van der Waals surface area contributed by atoms with Gasteiger partial charge in [0.1, 0.15) is 11.4 Å². The molecular weight excluding hydrogens is 408 g/mol. The van der Waals surface area contributed by atoms with Gasteiger partial charge in [0, 0.05) is 24.8 Å². The lowest BCUT2D eigenvalue weighted by Crippen LogP contribution is -2.07. The summed E-state index contributed by atoms with van der Waals surface area (Å²) < 4.78 is 5.33. The summed E-state index contributed by atoms with van der Waals surface area (Å²) in [6, 6.07) is 6.72. The first-order valence-electron chi connectivity index (χ1n) is 6.91. The standard InChI is InChI=1S/C16H9Cl4N3O2/c1-7(24)22-15-10(19)6-21-16(14(15)20)12-5-11(23-25-12)13-8(17)3-2-4-9(13)18/h2-6H,1H3,(H,21,22,24). The second kappa shape index (κ2) is 7.22. The van der Waals surface area contributed by atoms with Crippen molar-refractivity contribution in [2.24, 2.45) is 0 Å². The van der Waals surface area contributed by atoms with Crippen molar-refractivity contribution in [3.63, 3.8) is 0 Å². The molecule has 0 saturated heterocycles. The molecule has 0 bridgehead atoms. The van der Waals surface area contributed by atoms with Gasteiger partial charge in [-0.15, -0.1) is 0 Å². The van der Waals surface area contributed by atoms with Gasteiger partial charge in [-0.25, -0.2) is 4.98 Å². The topological polar surface area (TPSA) is 68.0 Å². The molecule has 5 nitrogen and oxygen atoms in total. The van der Waals surface area contributed by atoms with Gasteiger partial charge in [0.25, 0.3) is 0 Å². The predicted octanol–water partition coefficient (Wildman–Crippen LogP) is 5.98. The number of nitrogens with one attached hydrogen (secondary N) is 1. The smallest absolute Gasteiger partial charge is 0.221 e. The zero-order valence-electron chi connectivity index (χ0n) is 12.6. The minimum atomic E-state index is -0.318. The fourth-order valence-corrected chi connectivity index (χ4v) is 3.30. The van der Waals surface area contributed by atoms with Crippen LogP contribution in [-0.2, 0) is 4.79 Å². The molecule has 0 saturated carbocycles. The molecule has 3 aromatic rings. The van der Waals surface area contributed by atoms with E-state index in [1.165, 1.54) is 13.1 Å². The number of halogens is 4. The van der Waals surface area contributed by atoms with Crippen LogP contribution in [0.2, 0.25) is 20.1 Å². The summed E-state index contributed by atoms with van der Waals surface area (Å²) in [5.41, 5.74) is 1.48. The van der Waals surface area contributed by atoms with Crippen molar-refractivity contribution in [2.75, 3.05) is 5.32 Å². The SMILES string of the molecule is CC(=O)Nc1c(Cl)cnc(-c2cc(-c3c(Cl)cccc3Cl)no2)c1Cl. The van der Waals surface area contributed by atoms with Crippen LogP contribution in [0.5, 0.6) is 0 Å². The average molecular weight is 417 g/mol. The number of hydrogen-bond acceptors (Lipinski definition) is 4. The Hall–Kier alpha value is -1.79. The molecule has 3 rings (SSSR count). The Labute approximate surface area is 162 Å². The van der Waals surface area contributed by atoms with Gasteiger partial charge in [0.2, 0.25) is 5.91 Å². The molecule has 9 heteroatoms. The number of carbonyl (C=O) groups is 1. The van der Waals surface area contributed by atoms with E-state index in [0.717, 1.165) is 0 Å². The minimum Gasteiger partial charge on any atom is -0.354 e. The zero-order chi connectivity index (χ0) is 18.1. The molecule has 1 amide bonds. The van der Waals surface area contributed by atoms with Gasteiger partial charge >= 0.3 is 0 Å². The first-order chi connectivity index (χ1) is 11.9. The molecule has 2 aromatic heterocycles. The van der Waals surface area contributed by atoms with Crippen molar-refractivity contribution in [3.05, 3.63) is 50.6 Å². The highest BCUT2D eigenvalue weighted by molar-refractivity contribution is 6.41. The Balaban J connectivity index is 2.08. The number of nitrogens with zero attached hydrogens (tertiary/aromatic N) is 2. The Morgan fingerprint density at radius 3 is 2.44 bits per heavy atom. The largest absolute Gasteiger partial charge is 0.354 e. The van der Waals surface area contributed by atoms with Gasteiger partial charge in [-0.1, -0.05) is 57.6 Å². The van der Waals surface area contributed by atoms with E-state index in [1.54, 1.807) is 24.3 Å². The Kier molecular flexibility index (Phi) is 5.20. The molecule has 0 atom stereocenters. The quantitative estimate of drug-likeness (QED) is 0.570. The van der Waals surface area contributed by atoms with Gasteiger partial charge in [-0.2, -0.15) is 0 Å². The molecule has 2 heterocycles. The van der Waals surface area contributed by atoms with Crippen molar-refractivity contribution in [1.29, 1.82) is 0 Å². The normalized spacial score (nSPS) is 10.8. The lowest BCUT2D eigenvalue weighted by molar-refractivity contribution is -0.114.